The minimum atomic E-state index is -1.02. The minimum absolute atomic E-state index is 0.00402. The van der Waals surface area contributed by atoms with Crippen LogP contribution in [0.2, 0.25) is 0 Å². The molecule has 0 aliphatic heterocycles. The Morgan fingerprint density at radius 2 is 1.81 bits per heavy atom. The van der Waals surface area contributed by atoms with Gasteiger partial charge in [0.05, 0.1) is 12.7 Å². The van der Waals surface area contributed by atoms with Crippen LogP contribution in [0.25, 0.3) is 0 Å². The molecule has 0 aromatic carbocycles. The number of allylic oxidation sites excluding steroid dienone is 1. The number of carbonyl (C=O) groups is 4. The number of ether oxygens (including phenoxy) is 1. The third-order valence-electron chi connectivity index (χ3n) is 8.77. The van der Waals surface area contributed by atoms with Crippen LogP contribution in [0.15, 0.2) is 59.8 Å². The molecule has 2 heterocycles. The molecule has 11 nitrogen and oxygen atoms in total. The maximum absolute atomic E-state index is 13.3. The van der Waals surface area contributed by atoms with Crippen molar-refractivity contribution in [3.8, 4) is 0 Å². The second-order valence-electron chi connectivity index (χ2n) is 11.6. The van der Waals surface area contributed by atoms with Gasteiger partial charge in [0, 0.05) is 30.7 Å². The van der Waals surface area contributed by atoms with Crippen molar-refractivity contribution < 1.29 is 23.9 Å². The van der Waals surface area contributed by atoms with Gasteiger partial charge in [-0.2, -0.15) is 0 Å². The fraction of sp³-hybridized carbons (Fsp3) is 0.484. The van der Waals surface area contributed by atoms with Crippen LogP contribution in [0.1, 0.15) is 55.3 Å². The molecule has 0 radical (unpaired) electrons. The van der Waals surface area contributed by atoms with E-state index < -0.39 is 29.4 Å². The van der Waals surface area contributed by atoms with Gasteiger partial charge in [0.25, 0.3) is 11.5 Å². The highest BCUT2D eigenvalue weighted by atomic mass is 16.5. The lowest BCUT2D eigenvalue weighted by molar-refractivity contribution is -0.134. The summed E-state index contributed by atoms with van der Waals surface area (Å²) in [4.78, 5) is 67.6. The van der Waals surface area contributed by atoms with Crippen molar-refractivity contribution in [2.45, 2.75) is 63.6 Å². The van der Waals surface area contributed by atoms with Crippen LogP contribution in [0.3, 0.4) is 0 Å². The van der Waals surface area contributed by atoms with Crippen molar-refractivity contribution in [1.82, 2.24) is 20.2 Å². The second-order valence-corrected chi connectivity index (χ2v) is 11.6. The number of methoxy groups -OCH3 is 1. The van der Waals surface area contributed by atoms with Crippen LogP contribution in [-0.2, 0) is 25.7 Å². The number of rotatable bonds is 11. The van der Waals surface area contributed by atoms with Crippen LogP contribution in [0.4, 0.5) is 5.69 Å². The molecule has 0 spiro atoms. The molecule has 1 atom stereocenters. The van der Waals surface area contributed by atoms with Gasteiger partial charge in [-0.1, -0.05) is 6.08 Å². The van der Waals surface area contributed by atoms with Crippen LogP contribution < -0.4 is 21.5 Å². The van der Waals surface area contributed by atoms with Gasteiger partial charge < -0.3 is 25.3 Å². The lowest BCUT2D eigenvalue weighted by Gasteiger charge is -2.54. The number of nitrogens with one attached hydrogen (secondary N) is 3. The molecule has 4 saturated carbocycles. The zero-order chi connectivity index (χ0) is 29.6. The Hall–Kier alpha value is -4.28. The normalized spacial score (nSPS) is 24.6. The molecule has 0 saturated heterocycles. The quantitative estimate of drug-likeness (QED) is 0.275. The molecule has 0 unspecified atom stereocenters. The van der Waals surface area contributed by atoms with Gasteiger partial charge in [-0.15, -0.1) is 0 Å². The highest BCUT2D eigenvalue weighted by molar-refractivity contribution is 6.01. The Morgan fingerprint density at radius 3 is 2.48 bits per heavy atom. The minimum Gasteiger partial charge on any atom is -0.466 e. The van der Waals surface area contributed by atoms with Crippen molar-refractivity contribution in [3.05, 3.63) is 70.9 Å². The van der Waals surface area contributed by atoms with Crippen molar-refractivity contribution in [3.63, 3.8) is 0 Å². The van der Waals surface area contributed by atoms with Gasteiger partial charge in [-0.25, -0.2) is 4.79 Å². The van der Waals surface area contributed by atoms with Crippen molar-refractivity contribution in [1.29, 1.82) is 0 Å². The summed E-state index contributed by atoms with van der Waals surface area (Å²) < 4.78 is 5.86. The van der Waals surface area contributed by atoms with Crippen LogP contribution >= 0.6 is 0 Å². The topological polar surface area (TPSA) is 148 Å². The monoisotopic (exact) mass is 575 g/mol. The van der Waals surface area contributed by atoms with E-state index in [9.17, 15) is 24.0 Å². The molecular weight excluding hydrogens is 538 g/mol. The average Bonchev–Trinajstić information content (AvgIpc) is 2.98. The van der Waals surface area contributed by atoms with E-state index in [4.69, 9.17) is 0 Å². The van der Waals surface area contributed by atoms with Crippen molar-refractivity contribution in [2.24, 2.45) is 23.7 Å². The molecule has 222 valence electrons. The maximum Gasteiger partial charge on any atom is 0.330 e. The number of aromatic nitrogens is 2. The van der Waals surface area contributed by atoms with E-state index in [1.807, 2.05) is 0 Å². The van der Waals surface area contributed by atoms with E-state index in [-0.39, 0.29) is 42.6 Å². The van der Waals surface area contributed by atoms with E-state index in [1.54, 1.807) is 24.3 Å². The number of esters is 1. The van der Waals surface area contributed by atoms with Crippen LogP contribution in [-0.4, -0.2) is 52.4 Å². The molecule has 4 aliphatic carbocycles. The molecule has 4 bridgehead atoms. The van der Waals surface area contributed by atoms with E-state index in [0.29, 0.717) is 11.8 Å². The molecule has 6 rings (SSSR count). The summed E-state index contributed by atoms with van der Waals surface area (Å²) >= 11 is 0. The van der Waals surface area contributed by atoms with Gasteiger partial charge >= 0.3 is 5.97 Å². The Bertz CT molecular complexity index is 1380. The largest absolute Gasteiger partial charge is 0.466 e. The van der Waals surface area contributed by atoms with E-state index in [1.165, 1.54) is 74.5 Å². The number of carbonyl (C=O) groups excluding carboxylic acids is 4. The number of amides is 3. The Morgan fingerprint density at radius 1 is 1.07 bits per heavy atom. The van der Waals surface area contributed by atoms with Gasteiger partial charge in [-0.05, 0) is 92.9 Å². The molecule has 4 aliphatic rings. The third-order valence-corrected chi connectivity index (χ3v) is 8.77. The molecule has 2 aromatic heterocycles. The Kier molecular flexibility index (Phi) is 9.14. The zero-order valence-corrected chi connectivity index (χ0v) is 23.7. The van der Waals surface area contributed by atoms with Crippen molar-refractivity contribution >= 4 is 29.4 Å². The first kappa shape index (κ1) is 29.2. The first-order chi connectivity index (χ1) is 20.3. The SMILES string of the molecule is COC(=O)/C=C/CC[C@H](NC(=O)c1cccnc1)C(=O)Nc1cccn(CC(=O)NC2C3CC4CC(C3)CC2C4)c1=O. The summed E-state index contributed by atoms with van der Waals surface area (Å²) in [6.45, 7) is -0.148. The van der Waals surface area contributed by atoms with Gasteiger partial charge in [0.2, 0.25) is 11.8 Å². The van der Waals surface area contributed by atoms with Gasteiger partial charge in [-0.3, -0.25) is 24.2 Å². The first-order valence-corrected chi connectivity index (χ1v) is 14.6. The number of hydrogen-bond donors (Lipinski definition) is 3. The summed E-state index contributed by atoms with van der Waals surface area (Å²) in [5, 5.41) is 8.51. The molecule has 2 aromatic rings. The van der Waals surface area contributed by atoms with Gasteiger partial charge in [0.15, 0.2) is 0 Å². The maximum atomic E-state index is 13.3. The number of anilines is 1. The van der Waals surface area contributed by atoms with E-state index in [2.05, 4.69) is 25.7 Å². The number of pyridine rings is 2. The van der Waals surface area contributed by atoms with Crippen LogP contribution in [0, 0.1) is 23.7 Å². The average molecular weight is 576 g/mol. The number of hydrogen-bond acceptors (Lipinski definition) is 7. The lowest BCUT2D eigenvalue weighted by Crippen LogP contribution is -2.56. The lowest BCUT2D eigenvalue weighted by atomic mass is 9.54. The van der Waals surface area contributed by atoms with Gasteiger partial charge in [0.1, 0.15) is 18.3 Å². The summed E-state index contributed by atoms with van der Waals surface area (Å²) in [6.07, 6.45) is 13.7. The summed E-state index contributed by atoms with van der Waals surface area (Å²) in [7, 11) is 1.26. The van der Waals surface area contributed by atoms with E-state index in [0.717, 1.165) is 11.8 Å². The summed E-state index contributed by atoms with van der Waals surface area (Å²) in [6, 6.07) is 5.38. The predicted molar refractivity (Wildman–Crippen MR) is 154 cm³/mol. The predicted octanol–water partition coefficient (Wildman–Crippen LogP) is 2.43. The third kappa shape index (κ3) is 6.95. The molecular formula is C31H37N5O6. The highest BCUT2D eigenvalue weighted by Crippen LogP contribution is 2.53. The summed E-state index contributed by atoms with van der Waals surface area (Å²) in [5.74, 6) is 0.779. The number of nitrogens with zero attached hydrogens (tertiary/aromatic N) is 2. The zero-order valence-electron chi connectivity index (χ0n) is 23.7. The standard InChI is InChI=1S/C31H37N5O6/c1-42-27(38)9-3-2-7-24(33-29(39)21-6-4-10-32-17-21)30(40)34-25-8-5-11-36(31(25)41)18-26(37)35-28-22-13-19-12-20(15-22)16-23(28)14-19/h3-6,8-11,17,19-20,22-24,28H,2,7,12-16,18H2,1H3,(H,33,39)(H,34,40)(H,35,37)/b9-3+/t19?,20?,22?,23?,24-,28?/m0/s1. The fourth-order valence-corrected chi connectivity index (χ4v) is 7.04. The van der Waals surface area contributed by atoms with E-state index >= 15 is 0 Å². The molecule has 42 heavy (non-hydrogen) atoms. The first-order valence-electron chi connectivity index (χ1n) is 14.6. The van der Waals surface area contributed by atoms with Crippen LogP contribution in [0.5, 0.6) is 0 Å². The molecule has 3 amide bonds. The second kappa shape index (κ2) is 13.1. The fourth-order valence-electron chi connectivity index (χ4n) is 7.04. The molecule has 4 fully saturated rings. The molecule has 11 heteroatoms. The highest BCUT2D eigenvalue weighted by Gasteiger charge is 2.48. The smallest absolute Gasteiger partial charge is 0.330 e. The van der Waals surface area contributed by atoms with Crippen molar-refractivity contribution in [2.75, 3.05) is 12.4 Å². The Balaban J connectivity index is 1.23. The Labute approximate surface area is 244 Å². The molecule has 3 N–H and O–H groups in total. The summed E-state index contributed by atoms with van der Waals surface area (Å²) in [5.41, 5.74) is -0.253.